The molecular weight excluding hydrogens is 274 g/mol. The molecule has 1 aliphatic rings. The first-order valence-corrected chi connectivity index (χ1v) is 8.13. The number of rotatable bonds is 6. The summed E-state index contributed by atoms with van der Waals surface area (Å²) in [5.41, 5.74) is 2.07. The van der Waals surface area contributed by atoms with E-state index >= 15 is 0 Å². The Morgan fingerprint density at radius 1 is 1.35 bits per heavy atom. The number of hydrogen-bond donors (Lipinski definition) is 1. The third-order valence-electron chi connectivity index (χ3n) is 3.45. The van der Waals surface area contributed by atoms with Gasteiger partial charge in [-0.3, -0.25) is 9.59 Å². The lowest BCUT2D eigenvalue weighted by atomic mass is 9.95. The zero-order valence-electron chi connectivity index (χ0n) is 11.9. The number of esters is 1. The molecule has 1 aromatic rings. The van der Waals surface area contributed by atoms with Crippen molar-refractivity contribution in [1.82, 2.24) is 5.32 Å². The van der Waals surface area contributed by atoms with Crippen LogP contribution in [0.4, 0.5) is 0 Å². The zero-order valence-corrected chi connectivity index (χ0v) is 12.7. The summed E-state index contributed by atoms with van der Waals surface area (Å²) in [5.74, 6) is -0.206. The highest BCUT2D eigenvalue weighted by Gasteiger charge is 2.19. The minimum absolute atomic E-state index is 0.00624. The van der Waals surface area contributed by atoms with Gasteiger partial charge in [0, 0.05) is 23.2 Å². The summed E-state index contributed by atoms with van der Waals surface area (Å²) >= 11 is 1.70. The number of hydrogen-bond acceptors (Lipinski definition) is 4. The number of thiophene rings is 1. The second-order valence-corrected chi connectivity index (χ2v) is 5.89. The molecule has 110 valence electrons. The molecule has 0 radical (unpaired) electrons. The SMILES string of the molecule is CCOC(=O)CCCNC(=O)c1csc2c1CCCC2. The number of nitrogens with one attached hydrogen (secondary N) is 1. The number of carbonyl (C=O) groups is 2. The van der Waals surface area contributed by atoms with Gasteiger partial charge in [-0.05, 0) is 44.6 Å². The number of ether oxygens (including phenoxy) is 1. The first-order chi connectivity index (χ1) is 9.72. The highest BCUT2D eigenvalue weighted by atomic mass is 32.1. The lowest BCUT2D eigenvalue weighted by Gasteiger charge is -2.12. The lowest BCUT2D eigenvalue weighted by Crippen LogP contribution is -2.26. The molecule has 1 N–H and O–H groups in total. The van der Waals surface area contributed by atoms with Crippen molar-refractivity contribution >= 4 is 23.2 Å². The Bertz CT molecular complexity index is 481. The van der Waals surface area contributed by atoms with E-state index in [0.29, 0.717) is 26.0 Å². The maximum atomic E-state index is 12.1. The van der Waals surface area contributed by atoms with Crippen LogP contribution in [0.5, 0.6) is 0 Å². The molecule has 1 aromatic heterocycles. The number of fused-ring (bicyclic) bond motifs is 1. The summed E-state index contributed by atoms with van der Waals surface area (Å²) in [6.45, 7) is 2.72. The first kappa shape index (κ1) is 15.0. The van der Waals surface area contributed by atoms with E-state index in [9.17, 15) is 9.59 Å². The molecule has 5 heteroatoms. The van der Waals surface area contributed by atoms with Gasteiger partial charge in [0.2, 0.25) is 0 Å². The molecule has 4 nitrogen and oxygen atoms in total. The van der Waals surface area contributed by atoms with Crippen molar-refractivity contribution in [3.05, 3.63) is 21.4 Å². The molecule has 0 aliphatic heterocycles. The van der Waals surface area contributed by atoms with Gasteiger partial charge in [0.25, 0.3) is 5.91 Å². The molecule has 1 aliphatic carbocycles. The van der Waals surface area contributed by atoms with Gasteiger partial charge >= 0.3 is 5.97 Å². The Balaban J connectivity index is 1.78. The smallest absolute Gasteiger partial charge is 0.305 e. The third-order valence-corrected chi connectivity index (χ3v) is 4.54. The average molecular weight is 295 g/mol. The van der Waals surface area contributed by atoms with Crippen LogP contribution in [0.3, 0.4) is 0 Å². The lowest BCUT2D eigenvalue weighted by molar-refractivity contribution is -0.143. The highest BCUT2D eigenvalue weighted by Crippen LogP contribution is 2.30. The van der Waals surface area contributed by atoms with E-state index in [-0.39, 0.29) is 11.9 Å². The van der Waals surface area contributed by atoms with Crippen molar-refractivity contribution in [2.24, 2.45) is 0 Å². The molecule has 0 bridgehead atoms. The van der Waals surface area contributed by atoms with E-state index in [2.05, 4.69) is 5.32 Å². The number of aryl methyl sites for hydroxylation is 1. The normalized spacial score (nSPS) is 13.7. The summed E-state index contributed by atoms with van der Waals surface area (Å²) < 4.78 is 4.85. The van der Waals surface area contributed by atoms with Gasteiger partial charge < -0.3 is 10.1 Å². The molecule has 0 spiro atoms. The molecular formula is C15H21NO3S. The van der Waals surface area contributed by atoms with Gasteiger partial charge in [-0.2, -0.15) is 0 Å². The molecule has 1 amide bonds. The Labute approximate surface area is 123 Å². The largest absolute Gasteiger partial charge is 0.466 e. The fourth-order valence-corrected chi connectivity index (χ4v) is 3.57. The maximum Gasteiger partial charge on any atom is 0.305 e. The summed E-state index contributed by atoms with van der Waals surface area (Å²) in [6.07, 6.45) is 5.51. The van der Waals surface area contributed by atoms with E-state index in [0.717, 1.165) is 18.4 Å². The predicted molar refractivity (Wildman–Crippen MR) is 79.2 cm³/mol. The molecule has 0 aromatic carbocycles. The summed E-state index contributed by atoms with van der Waals surface area (Å²) in [6, 6.07) is 0. The second-order valence-electron chi connectivity index (χ2n) is 4.92. The van der Waals surface area contributed by atoms with Crippen LogP contribution in [-0.4, -0.2) is 25.0 Å². The van der Waals surface area contributed by atoms with Crippen LogP contribution in [0.15, 0.2) is 5.38 Å². The van der Waals surface area contributed by atoms with Crippen molar-refractivity contribution in [3.8, 4) is 0 Å². The first-order valence-electron chi connectivity index (χ1n) is 7.25. The number of amides is 1. The molecule has 2 rings (SSSR count). The topological polar surface area (TPSA) is 55.4 Å². The fraction of sp³-hybridized carbons (Fsp3) is 0.600. The van der Waals surface area contributed by atoms with Gasteiger partial charge in [0.15, 0.2) is 0 Å². The van der Waals surface area contributed by atoms with Crippen LogP contribution in [0.2, 0.25) is 0 Å². The minimum atomic E-state index is -0.199. The van der Waals surface area contributed by atoms with Crippen molar-refractivity contribution in [2.75, 3.05) is 13.2 Å². The quantitative estimate of drug-likeness (QED) is 0.648. The van der Waals surface area contributed by atoms with E-state index < -0.39 is 0 Å². The van der Waals surface area contributed by atoms with Gasteiger partial charge in [0.05, 0.1) is 12.2 Å². The Hall–Kier alpha value is -1.36. The van der Waals surface area contributed by atoms with E-state index in [4.69, 9.17) is 4.74 Å². The molecule has 1 heterocycles. The van der Waals surface area contributed by atoms with E-state index in [1.807, 2.05) is 5.38 Å². The Kier molecular flexibility index (Phi) is 5.59. The molecule has 0 atom stereocenters. The van der Waals surface area contributed by atoms with E-state index in [1.54, 1.807) is 18.3 Å². The molecule has 0 fully saturated rings. The monoisotopic (exact) mass is 295 g/mol. The second kappa shape index (κ2) is 7.43. The summed E-state index contributed by atoms with van der Waals surface area (Å²) in [7, 11) is 0. The van der Waals surface area contributed by atoms with Gasteiger partial charge in [-0.25, -0.2) is 0 Å². The molecule has 0 unspecified atom stereocenters. The standard InChI is InChI=1S/C15H21NO3S/c1-2-19-14(17)8-5-9-16-15(18)12-10-20-13-7-4-3-6-11(12)13/h10H,2-9H2,1H3,(H,16,18). The van der Waals surface area contributed by atoms with Crippen LogP contribution in [0, 0.1) is 0 Å². The fourth-order valence-electron chi connectivity index (χ4n) is 2.45. The zero-order chi connectivity index (χ0) is 14.4. The van der Waals surface area contributed by atoms with Crippen molar-refractivity contribution in [3.63, 3.8) is 0 Å². The van der Waals surface area contributed by atoms with Crippen LogP contribution in [0.25, 0.3) is 0 Å². The Morgan fingerprint density at radius 3 is 2.95 bits per heavy atom. The minimum Gasteiger partial charge on any atom is -0.466 e. The summed E-state index contributed by atoms with van der Waals surface area (Å²) in [5, 5.41) is 4.86. The van der Waals surface area contributed by atoms with Gasteiger partial charge in [0.1, 0.15) is 0 Å². The van der Waals surface area contributed by atoms with E-state index in [1.165, 1.54) is 23.3 Å². The highest BCUT2D eigenvalue weighted by molar-refractivity contribution is 7.10. The predicted octanol–water partition coefficient (Wildman–Crippen LogP) is 2.70. The average Bonchev–Trinajstić information content (AvgIpc) is 2.87. The molecule has 0 saturated heterocycles. The van der Waals surface area contributed by atoms with Crippen LogP contribution < -0.4 is 5.32 Å². The van der Waals surface area contributed by atoms with Crippen LogP contribution >= 0.6 is 11.3 Å². The van der Waals surface area contributed by atoms with Crippen LogP contribution in [-0.2, 0) is 22.4 Å². The van der Waals surface area contributed by atoms with Crippen molar-refractivity contribution in [2.45, 2.75) is 45.4 Å². The van der Waals surface area contributed by atoms with Crippen molar-refractivity contribution in [1.29, 1.82) is 0 Å². The van der Waals surface area contributed by atoms with Gasteiger partial charge in [-0.1, -0.05) is 0 Å². The maximum absolute atomic E-state index is 12.1. The summed E-state index contributed by atoms with van der Waals surface area (Å²) in [4.78, 5) is 24.7. The van der Waals surface area contributed by atoms with Gasteiger partial charge in [-0.15, -0.1) is 11.3 Å². The molecule has 20 heavy (non-hydrogen) atoms. The number of carbonyl (C=O) groups excluding carboxylic acids is 2. The van der Waals surface area contributed by atoms with Crippen molar-refractivity contribution < 1.29 is 14.3 Å². The Morgan fingerprint density at radius 2 is 2.15 bits per heavy atom. The third kappa shape index (κ3) is 3.82. The molecule has 0 saturated carbocycles. The van der Waals surface area contributed by atoms with Crippen LogP contribution in [0.1, 0.15) is 53.4 Å².